The van der Waals surface area contributed by atoms with Crippen LogP contribution in [0.3, 0.4) is 0 Å². The summed E-state index contributed by atoms with van der Waals surface area (Å²) >= 11 is 0. The SMILES string of the molecule is O=[N+]([O-])c1ccc(N/N=C/C=C/C=N/Nc2ccc([N+](=O)[O-])cc2[N+](=O)[O-])c([N+](=O)[O-])c1. The lowest BCUT2D eigenvalue weighted by Crippen LogP contribution is -1.98. The zero-order valence-electron chi connectivity index (χ0n) is 15.7. The Morgan fingerprint density at radius 3 is 1.31 bits per heavy atom. The van der Waals surface area contributed by atoms with E-state index in [4.69, 9.17) is 0 Å². The molecule has 0 radical (unpaired) electrons. The first kappa shape index (κ1) is 23.0. The molecule has 2 aromatic carbocycles. The third-order valence-corrected chi connectivity index (χ3v) is 3.58. The van der Waals surface area contributed by atoms with E-state index in [1.165, 1.54) is 24.6 Å². The smallest absolute Gasteiger partial charge is 0.272 e. The summed E-state index contributed by atoms with van der Waals surface area (Å²) in [5.41, 5.74) is 2.68. The number of hydrogen-bond acceptors (Lipinski definition) is 12. The van der Waals surface area contributed by atoms with E-state index in [9.17, 15) is 40.5 Å². The highest BCUT2D eigenvalue weighted by atomic mass is 16.6. The number of anilines is 2. The number of hydrogen-bond donors (Lipinski definition) is 2. The van der Waals surface area contributed by atoms with E-state index in [0.29, 0.717) is 0 Å². The second-order valence-electron chi connectivity index (χ2n) is 5.60. The molecule has 164 valence electrons. The summed E-state index contributed by atoms with van der Waals surface area (Å²) in [6, 6.07) is 6.03. The van der Waals surface area contributed by atoms with Crippen LogP contribution in [0.4, 0.5) is 34.1 Å². The molecular weight excluding hydrogens is 432 g/mol. The lowest BCUT2D eigenvalue weighted by atomic mass is 10.2. The summed E-state index contributed by atoms with van der Waals surface area (Å²) < 4.78 is 0. The summed E-state index contributed by atoms with van der Waals surface area (Å²) in [4.78, 5) is 40.3. The molecule has 2 N–H and O–H groups in total. The van der Waals surface area contributed by atoms with Crippen LogP contribution < -0.4 is 10.9 Å². The number of rotatable bonds is 10. The molecule has 0 aliphatic heterocycles. The Hall–Kier alpha value is -5.28. The zero-order valence-corrected chi connectivity index (χ0v) is 15.7. The van der Waals surface area contributed by atoms with Crippen LogP contribution >= 0.6 is 0 Å². The van der Waals surface area contributed by atoms with Crippen molar-refractivity contribution in [3.05, 3.63) is 89.0 Å². The van der Waals surface area contributed by atoms with E-state index in [0.717, 1.165) is 36.4 Å². The predicted molar refractivity (Wildman–Crippen MR) is 113 cm³/mol. The van der Waals surface area contributed by atoms with Gasteiger partial charge < -0.3 is 0 Å². The lowest BCUT2D eigenvalue weighted by Gasteiger charge is -2.01. The summed E-state index contributed by atoms with van der Waals surface area (Å²) in [7, 11) is 0. The number of non-ortho nitro benzene ring substituents is 2. The first-order chi connectivity index (χ1) is 15.2. The Bertz CT molecular complexity index is 1070. The molecule has 16 nitrogen and oxygen atoms in total. The molecule has 0 bridgehead atoms. The fourth-order valence-electron chi connectivity index (χ4n) is 2.16. The van der Waals surface area contributed by atoms with Gasteiger partial charge in [0.1, 0.15) is 11.4 Å². The van der Waals surface area contributed by atoms with Crippen molar-refractivity contribution < 1.29 is 19.7 Å². The van der Waals surface area contributed by atoms with Crippen molar-refractivity contribution in [1.82, 2.24) is 0 Å². The summed E-state index contributed by atoms with van der Waals surface area (Å²) in [5.74, 6) is 0. The Morgan fingerprint density at radius 2 is 1.00 bits per heavy atom. The molecule has 0 saturated carbocycles. The van der Waals surface area contributed by atoms with Crippen LogP contribution in [0, 0.1) is 40.5 Å². The second-order valence-corrected chi connectivity index (χ2v) is 5.60. The quantitative estimate of drug-likeness (QED) is 0.309. The van der Waals surface area contributed by atoms with E-state index in [2.05, 4.69) is 21.1 Å². The molecule has 0 amide bonds. The Labute approximate surface area is 177 Å². The van der Waals surface area contributed by atoms with Crippen LogP contribution in [0.15, 0.2) is 58.8 Å². The molecular formula is C16H12N8O8. The van der Waals surface area contributed by atoms with E-state index < -0.39 is 42.4 Å². The first-order valence-corrected chi connectivity index (χ1v) is 8.29. The van der Waals surface area contributed by atoms with E-state index in [-0.39, 0.29) is 11.4 Å². The van der Waals surface area contributed by atoms with Gasteiger partial charge in [0.05, 0.1) is 31.8 Å². The monoisotopic (exact) mass is 444 g/mol. The molecule has 0 saturated heterocycles. The Balaban J connectivity index is 1.98. The van der Waals surface area contributed by atoms with Crippen LogP contribution in [0.5, 0.6) is 0 Å². The minimum atomic E-state index is -0.795. The molecule has 2 rings (SSSR count). The fraction of sp³-hybridized carbons (Fsp3) is 0. The van der Waals surface area contributed by atoms with Gasteiger partial charge in [-0.2, -0.15) is 10.2 Å². The number of nitro groups is 4. The van der Waals surface area contributed by atoms with Crippen molar-refractivity contribution in [2.45, 2.75) is 0 Å². The van der Waals surface area contributed by atoms with Gasteiger partial charge in [0.2, 0.25) is 0 Å². The molecule has 2 aromatic rings. The molecule has 0 spiro atoms. The minimum Gasteiger partial charge on any atom is -0.272 e. The van der Waals surface area contributed by atoms with Crippen LogP contribution in [0.1, 0.15) is 0 Å². The van der Waals surface area contributed by atoms with E-state index >= 15 is 0 Å². The van der Waals surface area contributed by atoms with Crippen molar-refractivity contribution >= 4 is 46.6 Å². The Kier molecular flexibility index (Phi) is 7.54. The molecule has 32 heavy (non-hydrogen) atoms. The normalized spacial score (nSPS) is 11.1. The maximum atomic E-state index is 11.0. The molecule has 0 fully saturated rings. The molecule has 16 heteroatoms. The van der Waals surface area contributed by atoms with Crippen molar-refractivity contribution in [2.24, 2.45) is 10.2 Å². The van der Waals surface area contributed by atoms with Gasteiger partial charge in [-0.1, -0.05) is 0 Å². The van der Waals surface area contributed by atoms with Gasteiger partial charge >= 0.3 is 11.4 Å². The number of benzene rings is 2. The van der Waals surface area contributed by atoms with Crippen LogP contribution in [-0.4, -0.2) is 32.1 Å². The summed E-state index contributed by atoms with van der Waals surface area (Å²) in [6.07, 6.45) is 5.12. The van der Waals surface area contributed by atoms with Crippen LogP contribution in [-0.2, 0) is 0 Å². The van der Waals surface area contributed by atoms with Gasteiger partial charge in [-0.05, 0) is 24.3 Å². The maximum Gasteiger partial charge on any atom is 0.301 e. The minimum absolute atomic E-state index is 0.0638. The van der Waals surface area contributed by atoms with Crippen molar-refractivity contribution in [2.75, 3.05) is 10.9 Å². The molecule has 0 aliphatic rings. The number of hydrazone groups is 2. The van der Waals surface area contributed by atoms with Crippen LogP contribution in [0.25, 0.3) is 0 Å². The lowest BCUT2D eigenvalue weighted by molar-refractivity contribution is -0.393. The highest BCUT2D eigenvalue weighted by Gasteiger charge is 2.20. The van der Waals surface area contributed by atoms with Crippen molar-refractivity contribution in [3.63, 3.8) is 0 Å². The number of allylic oxidation sites excluding steroid dienone is 2. The van der Waals surface area contributed by atoms with Gasteiger partial charge in [-0.15, -0.1) is 0 Å². The maximum absolute atomic E-state index is 11.0. The average Bonchev–Trinajstić information content (AvgIpc) is 2.75. The van der Waals surface area contributed by atoms with Crippen molar-refractivity contribution in [3.8, 4) is 0 Å². The number of nitrogens with zero attached hydrogens (tertiary/aromatic N) is 6. The third-order valence-electron chi connectivity index (χ3n) is 3.58. The third kappa shape index (κ3) is 6.11. The second kappa shape index (κ2) is 10.5. The highest BCUT2D eigenvalue weighted by Crippen LogP contribution is 2.29. The van der Waals surface area contributed by atoms with E-state index in [1.54, 1.807) is 0 Å². The molecule has 0 aliphatic carbocycles. The first-order valence-electron chi connectivity index (χ1n) is 8.29. The van der Waals surface area contributed by atoms with Gasteiger partial charge in [0.25, 0.3) is 11.4 Å². The molecule has 0 aromatic heterocycles. The standard InChI is InChI=1S/C16H12N8O8/c25-21(26)11-3-5-13(15(9-11)23(29)30)19-17-7-1-2-8-18-20-14-6-4-12(22(27)28)10-16(14)24(31)32/h1-10,19-20H/b2-1+,17-7+,18-8+. The summed E-state index contributed by atoms with van der Waals surface area (Å²) in [6.45, 7) is 0. The topological polar surface area (TPSA) is 221 Å². The van der Waals surface area contributed by atoms with Gasteiger partial charge in [0.15, 0.2) is 0 Å². The van der Waals surface area contributed by atoms with Crippen LogP contribution in [0.2, 0.25) is 0 Å². The molecule has 0 atom stereocenters. The highest BCUT2D eigenvalue weighted by molar-refractivity contribution is 5.82. The van der Waals surface area contributed by atoms with E-state index in [1.807, 2.05) is 0 Å². The predicted octanol–water partition coefficient (Wildman–Crippen LogP) is 3.37. The summed E-state index contributed by atoms with van der Waals surface area (Å²) in [5, 5.41) is 50.9. The molecule has 0 heterocycles. The van der Waals surface area contributed by atoms with Gasteiger partial charge in [-0.25, -0.2) is 0 Å². The fourth-order valence-corrected chi connectivity index (χ4v) is 2.16. The number of nitrogens with one attached hydrogen (secondary N) is 2. The number of nitro benzene ring substituents is 4. The molecule has 0 unspecified atom stereocenters. The van der Waals surface area contributed by atoms with Gasteiger partial charge in [0, 0.05) is 24.6 Å². The average molecular weight is 444 g/mol. The zero-order chi connectivity index (χ0) is 23.7. The largest absolute Gasteiger partial charge is 0.301 e. The van der Waals surface area contributed by atoms with Gasteiger partial charge in [-0.3, -0.25) is 51.3 Å². The Morgan fingerprint density at radius 1 is 0.625 bits per heavy atom. The van der Waals surface area contributed by atoms with Crippen molar-refractivity contribution in [1.29, 1.82) is 0 Å².